The maximum absolute atomic E-state index is 11.7. The lowest BCUT2D eigenvalue weighted by atomic mass is 10.2. The van der Waals surface area contributed by atoms with Gasteiger partial charge >= 0.3 is 5.97 Å². The first-order chi connectivity index (χ1) is 10.0. The molecule has 1 atom stereocenters. The molecule has 0 aliphatic rings. The van der Waals surface area contributed by atoms with Crippen LogP contribution in [-0.2, 0) is 14.3 Å². The van der Waals surface area contributed by atoms with E-state index in [-0.39, 0.29) is 6.61 Å². The van der Waals surface area contributed by atoms with E-state index < -0.39 is 24.5 Å². The van der Waals surface area contributed by atoms with Crippen molar-refractivity contribution >= 4 is 11.9 Å². The lowest BCUT2D eigenvalue weighted by Crippen LogP contribution is -2.45. The van der Waals surface area contributed by atoms with Gasteiger partial charge in [0.1, 0.15) is 0 Å². The molecule has 21 heavy (non-hydrogen) atoms. The third-order valence-corrected chi connectivity index (χ3v) is 2.68. The summed E-state index contributed by atoms with van der Waals surface area (Å²) in [5.74, 6) is -0.354. The van der Waals surface area contributed by atoms with Crippen molar-refractivity contribution in [3.8, 4) is 11.5 Å². The van der Waals surface area contributed by atoms with Gasteiger partial charge in [0.25, 0.3) is 5.91 Å². The van der Waals surface area contributed by atoms with Gasteiger partial charge in [-0.3, -0.25) is 4.79 Å². The van der Waals surface area contributed by atoms with E-state index in [1.54, 1.807) is 12.1 Å². The number of benzene rings is 1. The van der Waals surface area contributed by atoms with Crippen LogP contribution in [0.2, 0.25) is 0 Å². The van der Waals surface area contributed by atoms with Crippen molar-refractivity contribution < 1.29 is 28.9 Å². The molecule has 116 valence electrons. The summed E-state index contributed by atoms with van der Waals surface area (Å²) in [7, 11) is 2.67. The van der Waals surface area contributed by atoms with E-state index in [9.17, 15) is 9.59 Å². The predicted octanol–water partition coefficient (Wildman–Crippen LogP) is 0.0325. The minimum atomic E-state index is -1.11. The fourth-order valence-corrected chi connectivity index (χ4v) is 1.59. The molecule has 0 aromatic heterocycles. The molecule has 1 aromatic carbocycles. The van der Waals surface area contributed by atoms with Gasteiger partial charge in [0, 0.05) is 0 Å². The Morgan fingerprint density at radius 3 is 2.57 bits per heavy atom. The van der Waals surface area contributed by atoms with Crippen LogP contribution >= 0.6 is 0 Å². The molecule has 2 N–H and O–H groups in total. The SMILES string of the molecule is COC(=O)C(CO)NC(=O)COc1ccc(C)cc1OC. The highest BCUT2D eigenvalue weighted by atomic mass is 16.5. The lowest BCUT2D eigenvalue weighted by Gasteiger charge is -2.15. The van der Waals surface area contributed by atoms with Crippen LogP contribution in [0.1, 0.15) is 5.56 Å². The molecular formula is C14H19NO6. The second-order valence-electron chi connectivity index (χ2n) is 4.27. The molecule has 0 aliphatic carbocycles. The lowest BCUT2D eigenvalue weighted by molar-refractivity contribution is -0.146. The summed E-state index contributed by atoms with van der Waals surface area (Å²) in [6, 6.07) is 4.18. The van der Waals surface area contributed by atoms with Crippen molar-refractivity contribution in [2.24, 2.45) is 0 Å². The van der Waals surface area contributed by atoms with Crippen molar-refractivity contribution in [3.63, 3.8) is 0 Å². The number of aliphatic hydroxyl groups is 1. The topological polar surface area (TPSA) is 94.1 Å². The number of nitrogens with one attached hydrogen (secondary N) is 1. The Morgan fingerprint density at radius 2 is 2.00 bits per heavy atom. The number of hydrogen-bond acceptors (Lipinski definition) is 6. The molecule has 0 bridgehead atoms. The van der Waals surface area contributed by atoms with Gasteiger partial charge in [-0.25, -0.2) is 4.79 Å². The number of aliphatic hydroxyl groups excluding tert-OH is 1. The first-order valence-electron chi connectivity index (χ1n) is 6.27. The van der Waals surface area contributed by atoms with Gasteiger partial charge in [-0.2, -0.15) is 0 Å². The van der Waals surface area contributed by atoms with Crippen LogP contribution in [0, 0.1) is 6.92 Å². The van der Waals surface area contributed by atoms with Crippen molar-refractivity contribution in [1.29, 1.82) is 0 Å². The summed E-state index contributed by atoms with van der Waals surface area (Å²) < 4.78 is 14.9. The molecule has 0 saturated carbocycles. The second-order valence-corrected chi connectivity index (χ2v) is 4.27. The normalized spacial score (nSPS) is 11.4. The average molecular weight is 297 g/mol. The number of rotatable bonds is 7. The highest BCUT2D eigenvalue weighted by molar-refractivity contribution is 5.85. The van der Waals surface area contributed by atoms with Gasteiger partial charge in [0.15, 0.2) is 24.1 Å². The summed E-state index contributed by atoms with van der Waals surface area (Å²) in [6.07, 6.45) is 0. The molecule has 0 spiro atoms. The van der Waals surface area contributed by atoms with E-state index in [4.69, 9.17) is 14.6 Å². The number of amides is 1. The quantitative estimate of drug-likeness (QED) is 0.690. The minimum Gasteiger partial charge on any atom is -0.493 e. The standard InChI is InChI=1S/C14H19NO6/c1-9-4-5-11(12(6-9)19-2)21-8-13(17)15-10(7-16)14(18)20-3/h4-6,10,16H,7-8H2,1-3H3,(H,15,17). The molecule has 1 unspecified atom stereocenters. The van der Waals surface area contributed by atoms with E-state index >= 15 is 0 Å². The molecule has 0 aliphatic heterocycles. The number of carbonyl (C=O) groups excluding carboxylic acids is 2. The van der Waals surface area contributed by atoms with E-state index in [1.165, 1.54) is 14.2 Å². The summed E-state index contributed by atoms with van der Waals surface area (Å²) in [5, 5.41) is 11.3. The minimum absolute atomic E-state index is 0.313. The largest absolute Gasteiger partial charge is 0.493 e. The maximum Gasteiger partial charge on any atom is 0.330 e. The molecule has 1 aromatic rings. The number of methoxy groups -OCH3 is 2. The van der Waals surface area contributed by atoms with Crippen LogP contribution in [0.25, 0.3) is 0 Å². The van der Waals surface area contributed by atoms with Crippen molar-refractivity contribution in [1.82, 2.24) is 5.32 Å². The zero-order valence-corrected chi connectivity index (χ0v) is 12.2. The van der Waals surface area contributed by atoms with E-state index in [1.807, 2.05) is 13.0 Å². The molecular weight excluding hydrogens is 278 g/mol. The molecule has 0 radical (unpaired) electrons. The van der Waals surface area contributed by atoms with Gasteiger partial charge in [-0.15, -0.1) is 0 Å². The first-order valence-corrected chi connectivity index (χ1v) is 6.27. The van der Waals surface area contributed by atoms with Crippen LogP contribution in [0.5, 0.6) is 11.5 Å². The Balaban J connectivity index is 2.59. The Morgan fingerprint density at radius 1 is 1.29 bits per heavy atom. The van der Waals surface area contributed by atoms with Gasteiger partial charge < -0.3 is 24.6 Å². The van der Waals surface area contributed by atoms with Crippen LogP contribution < -0.4 is 14.8 Å². The van der Waals surface area contributed by atoms with Crippen molar-refractivity contribution in [2.75, 3.05) is 27.4 Å². The number of hydrogen-bond donors (Lipinski definition) is 2. The number of aryl methyl sites for hydroxylation is 1. The van der Waals surface area contributed by atoms with Crippen molar-refractivity contribution in [2.45, 2.75) is 13.0 Å². The molecule has 0 heterocycles. The van der Waals surface area contributed by atoms with Crippen LogP contribution in [0.3, 0.4) is 0 Å². The monoisotopic (exact) mass is 297 g/mol. The molecule has 0 fully saturated rings. The predicted molar refractivity (Wildman–Crippen MR) is 74.3 cm³/mol. The Labute approximate surface area is 122 Å². The van der Waals surface area contributed by atoms with E-state index in [0.717, 1.165) is 5.56 Å². The number of esters is 1. The van der Waals surface area contributed by atoms with Crippen LogP contribution in [0.4, 0.5) is 0 Å². The smallest absolute Gasteiger partial charge is 0.330 e. The van der Waals surface area contributed by atoms with E-state index in [0.29, 0.717) is 11.5 Å². The Bertz CT molecular complexity index is 502. The maximum atomic E-state index is 11.7. The van der Waals surface area contributed by atoms with Gasteiger partial charge in [-0.1, -0.05) is 6.07 Å². The molecule has 7 heteroatoms. The average Bonchev–Trinajstić information content (AvgIpc) is 2.50. The summed E-state index contributed by atoms with van der Waals surface area (Å²) in [6.45, 7) is 1.04. The Kier molecular flexibility index (Phi) is 6.48. The highest BCUT2D eigenvalue weighted by Crippen LogP contribution is 2.27. The van der Waals surface area contributed by atoms with Crippen LogP contribution in [0.15, 0.2) is 18.2 Å². The van der Waals surface area contributed by atoms with Crippen molar-refractivity contribution in [3.05, 3.63) is 23.8 Å². The third-order valence-electron chi connectivity index (χ3n) is 2.68. The zero-order valence-electron chi connectivity index (χ0n) is 12.2. The summed E-state index contributed by atoms with van der Waals surface area (Å²) in [5.41, 5.74) is 0.995. The number of ether oxygens (including phenoxy) is 3. The second kappa shape index (κ2) is 8.11. The van der Waals surface area contributed by atoms with Crippen LogP contribution in [-0.4, -0.2) is 50.5 Å². The van der Waals surface area contributed by atoms with Gasteiger partial charge in [-0.05, 0) is 24.6 Å². The molecule has 0 saturated heterocycles. The summed E-state index contributed by atoms with van der Waals surface area (Å²) in [4.78, 5) is 22.9. The zero-order chi connectivity index (χ0) is 15.8. The third kappa shape index (κ3) is 4.96. The number of carbonyl (C=O) groups is 2. The van der Waals surface area contributed by atoms with E-state index in [2.05, 4.69) is 10.1 Å². The highest BCUT2D eigenvalue weighted by Gasteiger charge is 2.20. The fraction of sp³-hybridized carbons (Fsp3) is 0.429. The fourth-order valence-electron chi connectivity index (χ4n) is 1.59. The molecule has 7 nitrogen and oxygen atoms in total. The van der Waals surface area contributed by atoms with Gasteiger partial charge in [0.05, 0.1) is 20.8 Å². The Hall–Kier alpha value is -2.28. The molecule has 1 amide bonds. The van der Waals surface area contributed by atoms with Gasteiger partial charge in [0.2, 0.25) is 0 Å². The first kappa shape index (κ1) is 16.8. The molecule has 1 rings (SSSR count). The summed E-state index contributed by atoms with van der Waals surface area (Å²) >= 11 is 0.